The minimum absolute atomic E-state index is 0.392. The van der Waals surface area contributed by atoms with Crippen LogP contribution in [0.3, 0.4) is 0 Å². The minimum atomic E-state index is -0.476. The number of amides is 1. The molecular formula is C10H21N3O. The van der Waals surface area contributed by atoms with Crippen molar-refractivity contribution in [2.75, 3.05) is 19.6 Å². The van der Waals surface area contributed by atoms with Gasteiger partial charge in [0.15, 0.2) is 0 Å². The van der Waals surface area contributed by atoms with Gasteiger partial charge >= 0.3 is 0 Å². The highest BCUT2D eigenvalue weighted by Crippen LogP contribution is 2.18. The lowest BCUT2D eigenvalue weighted by Gasteiger charge is -2.17. The van der Waals surface area contributed by atoms with E-state index in [9.17, 15) is 4.79 Å². The lowest BCUT2D eigenvalue weighted by molar-refractivity contribution is -0.119. The number of rotatable bonds is 5. The zero-order valence-electron chi connectivity index (χ0n) is 8.91. The van der Waals surface area contributed by atoms with Crippen molar-refractivity contribution < 1.29 is 4.79 Å². The maximum Gasteiger partial charge on any atom is 0.234 e. The van der Waals surface area contributed by atoms with Gasteiger partial charge in [0.25, 0.3) is 0 Å². The van der Waals surface area contributed by atoms with Crippen molar-refractivity contribution in [2.24, 2.45) is 17.4 Å². The van der Waals surface area contributed by atoms with Gasteiger partial charge in [0.05, 0.1) is 6.04 Å². The number of nitrogens with zero attached hydrogens (tertiary/aromatic N) is 1. The van der Waals surface area contributed by atoms with E-state index in [1.54, 1.807) is 0 Å². The zero-order valence-corrected chi connectivity index (χ0v) is 8.91. The number of likely N-dealkylation sites (tertiary alicyclic amines) is 1. The molecule has 82 valence electrons. The second-order valence-corrected chi connectivity index (χ2v) is 4.16. The Morgan fingerprint density at radius 1 is 1.64 bits per heavy atom. The highest BCUT2D eigenvalue weighted by Gasteiger charge is 2.21. The second kappa shape index (κ2) is 5.32. The molecule has 1 aliphatic heterocycles. The Kier molecular flexibility index (Phi) is 4.35. The molecule has 1 rings (SSSR count). The summed E-state index contributed by atoms with van der Waals surface area (Å²) in [5.74, 6) is 0.441. The van der Waals surface area contributed by atoms with Gasteiger partial charge in [-0.05, 0) is 25.3 Å². The zero-order chi connectivity index (χ0) is 10.6. The van der Waals surface area contributed by atoms with Gasteiger partial charge in [-0.25, -0.2) is 0 Å². The van der Waals surface area contributed by atoms with Crippen molar-refractivity contribution in [3.05, 3.63) is 0 Å². The molecule has 0 bridgehead atoms. The molecule has 0 aromatic rings. The van der Waals surface area contributed by atoms with Crippen molar-refractivity contribution in [3.63, 3.8) is 0 Å². The van der Waals surface area contributed by atoms with Crippen LogP contribution in [0.25, 0.3) is 0 Å². The van der Waals surface area contributed by atoms with Crippen molar-refractivity contribution >= 4 is 5.91 Å². The van der Waals surface area contributed by atoms with Crippen LogP contribution in [0, 0.1) is 5.92 Å². The number of primary amides is 1. The summed E-state index contributed by atoms with van der Waals surface area (Å²) in [6.07, 6.45) is 3.21. The molecule has 4 heteroatoms. The summed E-state index contributed by atoms with van der Waals surface area (Å²) in [6.45, 7) is 5.43. The van der Waals surface area contributed by atoms with E-state index in [0.29, 0.717) is 6.42 Å². The van der Waals surface area contributed by atoms with Crippen LogP contribution < -0.4 is 11.5 Å². The molecule has 1 fully saturated rings. The van der Waals surface area contributed by atoms with E-state index >= 15 is 0 Å². The van der Waals surface area contributed by atoms with E-state index in [4.69, 9.17) is 11.5 Å². The average molecular weight is 199 g/mol. The van der Waals surface area contributed by atoms with E-state index in [-0.39, 0.29) is 0 Å². The molecule has 14 heavy (non-hydrogen) atoms. The Balaban J connectivity index is 2.17. The largest absolute Gasteiger partial charge is 0.368 e. The molecule has 0 saturated carbocycles. The molecular weight excluding hydrogens is 178 g/mol. The van der Waals surface area contributed by atoms with E-state index in [1.807, 2.05) is 0 Å². The second-order valence-electron chi connectivity index (χ2n) is 4.16. The third-order valence-corrected chi connectivity index (χ3v) is 3.07. The molecule has 4 N–H and O–H groups in total. The predicted molar refractivity (Wildman–Crippen MR) is 56.6 cm³/mol. The van der Waals surface area contributed by atoms with Crippen LogP contribution in [0.1, 0.15) is 26.2 Å². The minimum Gasteiger partial charge on any atom is -0.368 e. The molecule has 0 aliphatic carbocycles. The summed E-state index contributed by atoms with van der Waals surface area (Å²) >= 11 is 0. The normalized spacial score (nSPS) is 25.1. The maximum absolute atomic E-state index is 10.7. The van der Waals surface area contributed by atoms with Crippen molar-refractivity contribution in [1.29, 1.82) is 0 Å². The molecule has 4 nitrogen and oxygen atoms in total. The Hall–Kier alpha value is -0.610. The third kappa shape index (κ3) is 3.27. The van der Waals surface area contributed by atoms with E-state index in [2.05, 4.69) is 11.8 Å². The molecule has 2 unspecified atom stereocenters. The maximum atomic E-state index is 10.7. The van der Waals surface area contributed by atoms with Crippen molar-refractivity contribution in [3.8, 4) is 0 Å². The first-order valence-electron chi connectivity index (χ1n) is 5.40. The fourth-order valence-corrected chi connectivity index (χ4v) is 1.91. The summed E-state index contributed by atoms with van der Waals surface area (Å²) in [6, 6.07) is -0.476. The first kappa shape index (κ1) is 11.5. The number of carbonyl (C=O) groups is 1. The summed E-state index contributed by atoms with van der Waals surface area (Å²) in [5.41, 5.74) is 10.7. The fraction of sp³-hybridized carbons (Fsp3) is 0.900. The first-order valence-corrected chi connectivity index (χ1v) is 5.40. The molecule has 1 amide bonds. The molecule has 1 heterocycles. The molecule has 2 atom stereocenters. The van der Waals surface area contributed by atoms with Crippen LogP contribution >= 0.6 is 0 Å². The Bertz CT molecular complexity index is 196. The number of carbonyl (C=O) groups excluding carboxylic acids is 1. The van der Waals surface area contributed by atoms with Crippen LogP contribution in [0.2, 0.25) is 0 Å². The molecule has 0 aromatic carbocycles. The van der Waals surface area contributed by atoms with Gasteiger partial charge in [-0.15, -0.1) is 0 Å². The Morgan fingerprint density at radius 2 is 2.36 bits per heavy atom. The predicted octanol–water partition coefficient (Wildman–Crippen LogP) is -0.0790. The fourth-order valence-electron chi connectivity index (χ4n) is 1.91. The molecule has 0 aromatic heterocycles. The van der Waals surface area contributed by atoms with Gasteiger partial charge < -0.3 is 16.4 Å². The smallest absolute Gasteiger partial charge is 0.234 e. The summed E-state index contributed by atoms with van der Waals surface area (Å²) in [5, 5.41) is 0. The van der Waals surface area contributed by atoms with Gasteiger partial charge in [0, 0.05) is 13.1 Å². The number of hydrogen-bond acceptors (Lipinski definition) is 3. The van der Waals surface area contributed by atoms with Crippen molar-refractivity contribution in [1.82, 2.24) is 4.90 Å². The van der Waals surface area contributed by atoms with Gasteiger partial charge in [-0.1, -0.05) is 13.3 Å². The monoisotopic (exact) mass is 199 g/mol. The molecule has 0 radical (unpaired) electrons. The summed E-state index contributed by atoms with van der Waals surface area (Å²) < 4.78 is 0. The highest BCUT2D eigenvalue weighted by molar-refractivity contribution is 5.79. The van der Waals surface area contributed by atoms with Gasteiger partial charge in [0.2, 0.25) is 5.91 Å². The Labute approximate surface area is 85.6 Å². The lowest BCUT2D eigenvalue weighted by atomic mass is 10.1. The quantitative estimate of drug-likeness (QED) is 0.650. The van der Waals surface area contributed by atoms with Gasteiger partial charge in [-0.3, -0.25) is 4.79 Å². The lowest BCUT2D eigenvalue weighted by Crippen LogP contribution is -2.39. The van der Waals surface area contributed by atoms with Crippen LogP contribution in [0.5, 0.6) is 0 Å². The number of hydrogen-bond donors (Lipinski definition) is 2. The summed E-state index contributed by atoms with van der Waals surface area (Å²) in [7, 11) is 0. The SMILES string of the molecule is CCC1CCN(CCC(N)C(N)=O)C1. The standard InChI is InChI=1S/C10H21N3O/c1-2-8-3-5-13(7-8)6-4-9(11)10(12)14/h8-9H,2-7,11H2,1H3,(H2,12,14). The average Bonchev–Trinajstić information content (AvgIpc) is 2.61. The van der Waals surface area contributed by atoms with Crippen LogP contribution in [-0.4, -0.2) is 36.5 Å². The summed E-state index contributed by atoms with van der Waals surface area (Å²) in [4.78, 5) is 13.1. The van der Waals surface area contributed by atoms with Crippen LogP contribution in [0.15, 0.2) is 0 Å². The highest BCUT2D eigenvalue weighted by atomic mass is 16.1. The number of nitrogens with two attached hydrogens (primary N) is 2. The topological polar surface area (TPSA) is 72.3 Å². The van der Waals surface area contributed by atoms with E-state index < -0.39 is 11.9 Å². The van der Waals surface area contributed by atoms with Gasteiger partial charge in [-0.2, -0.15) is 0 Å². The van der Waals surface area contributed by atoms with Crippen molar-refractivity contribution in [2.45, 2.75) is 32.2 Å². The van der Waals surface area contributed by atoms with E-state index in [0.717, 1.165) is 25.6 Å². The third-order valence-electron chi connectivity index (χ3n) is 3.07. The molecule has 1 saturated heterocycles. The molecule has 1 aliphatic rings. The first-order chi connectivity index (χ1) is 6.63. The van der Waals surface area contributed by atoms with E-state index in [1.165, 1.54) is 12.8 Å². The van der Waals surface area contributed by atoms with Crippen LogP contribution in [0.4, 0.5) is 0 Å². The van der Waals surface area contributed by atoms with Crippen LogP contribution in [-0.2, 0) is 4.79 Å². The Morgan fingerprint density at radius 3 is 2.86 bits per heavy atom. The molecule has 0 spiro atoms. The van der Waals surface area contributed by atoms with Gasteiger partial charge in [0.1, 0.15) is 0 Å².